The van der Waals surface area contributed by atoms with Crippen molar-refractivity contribution in [1.82, 2.24) is 19.9 Å². The molecule has 33 heavy (non-hydrogen) atoms. The molecule has 0 aliphatic carbocycles. The Labute approximate surface area is 195 Å². The number of rotatable bonds is 5. The maximum atomic E-state index is 14.6. The minimum atomic E-state index is -0.446. The van der Waals surface area contributed by atoms with Gasteiger partial charge in [0.25, 0.3) is 0 Å². The van der Waals surface area contributed by atoms with Gasteiger partial charge in [-0.2, -0.15) is 4.98 Å². The average molecular weight is 449 g/mol. The van der Waals surface area contributed by atoms with Crippen LogP contribution in [0.3, 0.4) is 0 Å². The van der Waals surface area contributed by atoms with Gasteiger partial charge in [-0.15, -0.1) is 0 Å². The molecule has 6 nitrogen and oxygen atoms in total. The highest BCUT2D eigenvalue weighted by molar-refractivity contribution is 5.69. The number of hydrogen-bond donors (Lipinski definition) is 2. The van der Waals surface area contributed by atoms with Crippen molar-refractivity contribution in [3.8, 4) is 11.1 Å². The molecule has 1 fully saturated rings. The van der Waals surface area contributed by atoms with Crippen LogP contribution in [0.1, 0.15) is 46.1 Å². The van der Waals surface area contributed by atoms with Crippen LogP contribution >= 0.6 is 0 Å². The summed E-state index contributed by atoms with van der Waals surface area (Å²) in [5.41, 5.74) is 4.21. The molecule has 3 heterocycles. The molecule has 2 N–H and O–H groups in total. The Morgan fingerprint density at radius 3 is 2.30 bits per heavy atom. The molecule has 1 aromatic carbocycles. The topological polar surface area (TPSA) is 66.0 Å². The predicted octanol–water partition coefficient (Wildman–Crippen LogP) is 5.79. The molecule has 0 saturated carbocycles. The zero-order chi connectivity index (χ0) is 23.8. The van der Waals surface area contributed by atoms with Gasteiger partial charge in [-0.3, -0.25) is 9.88 Å². The summed E-state index contributed by atoms with van der Waals surface area (Å²) in [6.45, 7) is 10.9. The Morgan fingerprint density at radius 1 is 1.00 bits per heavy atom. The number of likely N-dealkylation sites (tertiary alicyclic amines) is 1. The Bertz CT molecular complexity index is 1110. The molecule has 0 amide bonds. The van der Waals surface area contributed by atoms with E-state index in [0.717, 1.165) is 35.2 Å². The summed E-state index contributed by atoms with van der Waals surface area (Å²) >= 11 is 0. The fourth-order valence-electron chi connectivity index (χ4n) is 4.85. The van der Waals surface area contributed by atoms with Crippen LogP contribution in [0.5, 0.6) is 0 Å². The summed E-state index contributed by atoms with van der Waals surface area (Å²) in [5, 5.41) is 6.54. The van der Waals surface area contributed by atoms with Crippen molar-refractivity contribution in [3.63, 3.8) is 0 Å². The number of aryl methyl sites for hydroxylation is 1. The van der Waals surface area contributed by atoms with Crippen LogP contribution in [-0.4, -0.2) is 44.0 Å². The molecule has 0 spiro atoms. The first kappa shape index (κ1) is 23.1. The van der Waals surface area contributed by atoms with Crippen LogP contribution < -0.4 is 10.6 Å². The zero-order valence-electron chi connectivity index (χ0n) is 20.3. The van der Waals surface area contributed by atoms with Gasteiger partial charge < -0.3 is 10.6 Å². The monoisotopic (exact) mass is 448 g/mol. The lowest BCUT2D eigenvalue weighted by Crippen LogP contribution is -2.61. The van der Waals surface area contributed by atoms with Crippen LogP contribution in [0, 0.1) is 12.7 Å². The number of hydrogen-bond acceptors (Lipinski definition) is 6. The standard InChI is InChI=1S/C26H33FN6/c1-17-15-28-12-11-21(17)18-7-9-19(10-8-18)31-24-29-16-22(27)23(32-24)30-20-13-25(2,3)33(6)26(4,5)14-20/h7-12,15-16,20H,13-14H2,1-6H3,(H2,29,30,31,32). The first-order chi connectivity index (χ1) is 15.5. The highest BCUT2D eigenvalue weighted by Crippen LogP contribution is 2.38. The summed E-state index contributed by atoms with van der Waals surface area (Å²) in [7, 11) is 2.16. The summed E-state index contributed by atoms with van der Waals surface area (Å²) in [4.78, 5) is 15.1. The van der Waals surface area contributed by atoms with E-state index in [1.165, 1.54) is 6.20 Å². The molecule has 1 saturated heterocycles. The van der Waals surface area contributed by atoms with E-state index < -0.39 is 5.82 Å². The van der Waals surface area contributed by atoms with Crippen LogP contribution in [0.15, 0.2) is 48.9 Å². The third-order valence-electron chi connectivity index (χ3n) is 6.87. The molecule has 3 aromatic rings. The molecule has 2 aromatic heterocycles. The van der Waals surface area contributed by atoms with Crippen LogP contribution in [0.4, 0.5) is 21.8 Å². The second kappa shape index (κ2) is 8.71. The number of aromatic nitrogens is 3. The number of piperidine rings is 1. The number of nitrogens with zero attached hydrogens (tertiary/aromatic N) is 4. The maximum absolute atomic E-state index is 14.6. The lowest BCUT2D eigenvalue weighted by Gasteiger charge is -2.53. The number of anilines is 3. The first-order valence-electron chi connectivity index (χ1n) is 11.4. The fraction of sp³-hybridized carbons (Fsp3) is 0.423. The highest BCUT2D eigenvalue weighted by atomic mass is 19.1. The molecular formula is C26H33FN6. The molecule has 0 radical (unpaired) electrons. The van der Waals surface area contributed by atoms with Gasteiger partial charge in [0.1, 0.15) is 0 Å². The van der Waals surface area contributed by atoms with Crippen molar-refractivity contribution in [3.05, 3.63) is 60.3 Å². The number of pyridine rings is 1. The van der Waals surface area contributed by atoms with E-state index in [9.17, 15) is 4.39 Å². The Morgan fingerprint density at radius 2 is 1.67 bits per heavy atom. The normalized spacial score (nSPS) is 18.2. The fourth-order valence-corrected chi connectivity index (χ4v) is 4.85. The quantitative estimate of drug-likeness (QED) is 0.515. The molecule has 1 aliphatic heterocycles. The van der Waals surface area contributed by atoms with Gasteiger partial charge in [0.15, 0.2) is 11.6 Å². The van der Waals surface area contributed by atoms with E-state index >= 15 is 0 Å². The minimum Gasteiger partial charge on any atom is -0.365 e. The van der Waals surface area contributed by atoms with Gasteiger partial charge in [0.05, 0.1) is 6.20 Å². The molecule has 4 rings (SSSR count). The van der Waals surface area contributed by atoms with E-state index in [4.69, 9.17) is 0 Å². The Kier molecular flexibility index (Phi) is 6.10. The second-order valence-electron chi connectivity index (χ2n) is 10.2. The molecule has 0 unspecified atom stereocenters. The molecular weight excluding hydrogens is 415 g/mol. The third kappa shape index (κ3) is 4.98. The summed E-state index contributed by atoms with van der Waals surface area (Å²) in [6.07, 6.45) is 6.67. The van der Waals surface area contributed by atoms with Crippen LogP contribution in [-0.2, 0) is 0 Å². The lowest BCUT2D eigenvalue weighted by atomic mass is 9.77. The van der Waals surface area contributed by atoms with Gasteiger partial charge in [0, 0.05) is 35.2 Å². The largest absolute Gasteiger partial charge is 0.365 e. The lowest BCUT2D eigenvalue weighted by molar-refractivity contribution is -0.00778. The smallest absolute Gasteiger partial charge is 0.229 e. The summed E-state index contributed by atoms with van der Waals surface area (Å²) in [6, 6.07) is 10.1. The Hall–Kier alpha value is -3.06. The minimum absolute atomic E-state index is 0.00107. The number of benzene rings is 1. The first-order valence-corrected chi connectivity index (χ1v) is 11.4. The van der Waals surface area contributed by atoms with Crippen LogP contribution in [0.25, 0.3) is 11.1 Å². The van der Waals surface area contributed by atoms with E-state index in [-0.39, 0.29) is 22.9 Å². The van der Waals surface area contributed by atoms with Crippen molar-refractivity contribution in [2.45, 2.75) is 64.6 Å². The average Bonchev–Trinajstić information content (AvgIpc) is 2.75. The zero-order valence-corrected chi connectivity index (χ0v) is 20.3. The maximum Gasteiger partial charge on any atom is 0.229 e. The van der Waals surface area contributed by atoms with E-state index in [1.807, 2.05) is 43.5 Å². The molecule has 0 atom stereocenters. The molecule has 174 valence electrons. The van der Waals surface area contributed by atoms with E-state index in [2.05, 4.69) is 65.2 Å². The number of nitrogens with one attached hydrogen (secondary N) is 2. The third-order valence-corrected chi connectivity index (χ3v) is 6.87. The van der Waals surface area contributed by atoms with E-state index in [0.29, 0.717) is 5.95 Å². The molecule has 0 bridgehead atoms. The van der Waals surface area contributed by atoms with Crippen molar-refractivity contribution in [2.24, 2.45) is 0 Å². The Balaban J connectivity index is 1.49. The SMILES string of the molecule is Cc1cnccc1-c1ccc(Nc2ncc(F)c(NC3CC(C)(C)N(C)C(C)(C)C3)n2)cc1. The van der Waals surface area contributed by atoms with Gasteiger partial charge in [-0.05, 0) is 89.4 Å². The van der Waals surface area contributed by atoms with Gasteiger partial charge in [-0.25, -0.2) is 9.37 Å². The highest BCUT2D eigenvalue weighted by Gasteiger charge is 2.43. The van der Waals surface area contributed by atoms with Crippen molar-refractivity contribution in [1.29, 1.82) is 0 Å². The molecule has 1 aliphatic rings. The van der Waals surface area contributed by atoms with Gasteiger partial charge in [-0.1, -0.05) is 12.1 Å². The van der Waals surface area contributed by atoms with Gasteiger partial charge >= 0.3 is 0 Å². The number of halogens is 1. The second-order valence-corrected chi connectivity index (χ2v) is 10.2. The van der Waals surface area contributed by atoms with Gasteiger partial charge in [0.2, 0.25) is 5.95 Å². The van der Waals surface area contributed by atoms with Crippen molar-refractivity contribution >= 4 is 17.5 Å². The predicted molar refractivity (Wildman–Crippen MR) is 132 cm³/mol. The van der Waals surface area contributed by atoms with Crippen molar-refractivity contribution in [2.75, 3.05) is 17.7 Å². The summed E-state index contributed by atoms with van der Waals surface area (Å²) < 4.78 is 14.6. The van der Waals surface area contributed by atoms with Crippen molar-refractivity contribution < 1.29 is 4.39 Å². The summed E-state index contributed by atoms with van der Waals surface area (Å²) in [5.74, 6) is 0.148. The van der Waals surface area contributed by atoms with Crippen LogP contribution in [0.2, 0.25) is 0 Å². The van der Waals surface area contributed by atoms with E-state index in [1.54, 1.807) is 6.20 Å². The molecule has 7 heteroatoms.